The van der Waals surface area contributed by atoms with Crippen molar-refractivity contribution < 1.29 is 48.3 Å². The average Bonchev–Trinajstić information content (AvgIpc) is 3.76. The highest BCUT2D eigenvalue weighted by Gasteiger charge is 2.40. The highest BCUT2D eigenvalue weighted by molar-refractivity contribution is 7.98. The van der Waals surface area contributed by atoms with E-state index in [1.165, 1.54) is 23.6 Å². The van der Waals surface area contributed by atoms with Crippen LogP contribution in [0.5, 0.6) is 0 Å². The number of nitrogens with one attached hydrogen (secondary N) is 7. The summed E-state index contributed by atoms with van der Waals surface area (Å²) in [4.78, 5) is 121. The molecule has 8 amide bonds. The van der Waals surface area contributed by atoms with Gasteiger partial charge in [0.1, 0.15) is 42.3 Å². The molecule has 0 aliphatic carbocycles. The number of carbonyl (C=O) groups excluding carboxylic acids is 8. The second-order valence-electron chi connectivity index (χ2n) is 18.4. The minimum Gasteiger partial charge on any atom is -0.480 e. The van der Waals surface area contributed by atoms with E-state index in [0.29, 0.717) is 57.2 Å². The fraction of sp³-hybridized carbons (Fsp3) is 0.800. The number of aliphatic carboxylic acids is 1. The summed E-state index contributed by atoms with van der Waals surface area (Å²) in [6.45, 7) is 16.1. The maximum absolute atomic E-state index is 13.9. The first-order chi connectivity index (χ1) is 31.0. The van der Waals surface area contributed by atoms with Crippen LogP contribution < -0.4 is 48.7 Å². The molecule has 12 N–H and O–H groups in total. The Morgan fingerprint density at radius 2 is 1.24 bits per heavy atom. The third kappa shape index (κ3) is 20.6. The van der Waals surface area contributed by atoms with E-state index in [0.717, 1.165) is 0 Å². The lowest BCUT2D eigenvalue weighted by molar-refractivity contribution is -0.144. The summed E-state index contributed by atoms with van der Waals surface area (Å²) in [6.07, 6.45) is 5.86. The molecule has 1 fully saturated rings. The lowest BCUT2D eigenvalue weighted by atomic mass is 9.97. The second kappa shape index (κ2) is 30.7. The van der Waals surface area contributed by atoms with Crippen molar-refractivity contribution in [2.45, 2.75) is 175 Å². The van der Waals surface area contributed by atoms with E-state index in [1.807, 2.05) is 47.8 Å². The van der Waals surface area contributed by atoms with Gasteiger partial charge in [-0.25, -0.2) is 4.79 Å². The second-order valence-corrected chi connectivity index (χ2v) is 19.4. The Bertz CT molecular complexity index is 1620. The Morgan fingerprint density at radius 3 is 1.79 bits per heavy atom. The van der Waals surface area contributed by atoms with Crippen molar-refractivity contribution in [3.05, 3.63) is 0 Å². The summed E-state index contributed by atoms with van der Waals surface area (Å²) in [5, 5.41) is 28.2. The number of hydrogen-bond donors (Lipinski definition) is 10. The SMILES string of the molecule is CC[C@H](C)[C@H](N)C(=O)N[C@@H](CCSC)C(=O)N1CCC[C@H]1C(=O)N[C@@H](CCCCN)C(=O)N[C@@H](C)C(=O)NCC(=O)N[C@@H](CC(C)C)C(=O)N[C@@H](CC(C)C)C(=O)N[C@H](C(=O)O)[C@@H](C)CC. The summed E-state index contributed by atoms with van der Waals surface area (Å²) in [5.41, 5.74) is 11.9. The van der Waals surface area contributed by atoms with Crippen LogP contribution in [-0.4, -0.2) is 143 Å². The highest BCUT2D eigenvalue weighted by atomic mass is 32.2. The molecule has 66 heavy (non-hydrogen) atoms. The van der Waals surface area contributed by atoms with E-state index in [2.05, 4.69) is 37.2 Å². The van der Waals surface area contributed by atoms with Crippen LogP contribution in [0.1, 0.15) is 127 Å². The van der Waals surface area contributed by atoms with E-state index < -0.39 is 108 Å². The molecular weight excluding hydrogens is 873 g/mol. The van der Waals surface area contributed by atoms with Crippen molar-refractivity contribution >= 4 is 65.0 Å². The van der Waals surface area contributed by atoms with Crippen molar-refractivity contribution in [2.24, 2.45) is 35.1 Å². The molecule has 0 spiro atoms. The number of thioether (sulfide) groups is 1. The summed E-state index contributed by atoms with van der Waals surface area (Å²) in [7, 11) is 0. The molecule has 1 aliphatic heterocycles. The maximum Gasteiger partial charge on any atom is 0.326 e. The minimum absolute atomic E-state index is 0.0522. The molecule has 0 aromatic carbocycles. The summed E-state index contributed by atoms with van der Waals surface area (Å²) < 4.78 is 0. The number of rotatable bonds is 31. The molecule has 0 aromatic rings. The molecule has 1 heterocycles. The van der Waals surface area contributed by atoms with Crippen LogP contribution in [0.2, 0.25) is 0 Å². The molecule has 21 heteroatoms. The minimum atomic E-state index is -1.19. The third-order valence-electron chi connectivity index (χ3n) is 11.9. The van der Waals surface area contributed by atoms with E-state index in [9.17, 15) is 48.3 Å². The Morgan fingerprint density at radius 1 is 0.682 bits per heavy atom. The number of nitrogens with two attached hydrogens (primary N) is 2. The number of nitrogens with zero attached hydrogens (tertiary/aromatic N) is 1. The first kappa shape index (κ1) is 59.5. The summed E-state index contributed by atoms with van der Waals surface area (Å²) in [5.74, 6) is -6.05. The number of unbranched alkanes of at least 4 members (excludes halogenated alkanes) is 1. The molecule has 0 aromatic heterocycles. The quantitative estimate of drug-likeness (QED) is 0.0424. The van der Waals surface area contributed by atoms with Gasteiger partial charge in [0.15, 0.2) is 0 Å². The predicted molar refractivity (Wildman–Crippen MR) is 254 cm³/mol. The number of likely N-dealkylation sites (tertiary alicyclic amines) is 1. The van der Waals surface area contributed by atoms with Crippen molar-refractivity contribution in [2.75, 3.05) is 31.6 Å². The van der Waals surface area contributed by atoms with Crippen LogP contribution in [0.15, 0.2) is 0 Å². The molecule has 10 atom stereocenters. The van der Waals surface area contributed by atoms with Gasteiger partial charge in [-0.2, -0.15) is 11.8 Å². The predicted octanol–water partition coefficient (Wildman–Crippen LogP) is 0.501. The van der Waals surface area contributed by atoms with Gasteiger partial charge < -0.3 is 58.7 Å². The normalized spacial score (nSPS) is 17.8. The monoisotopic (exact) mass is 955 g/mol. The van der Waals surface area contributed by atoms with Crippen LogP contribution >= 0.6 is 11.8 Å². The zero-order valence-electron chi connectivity index (χ0n) is 41.0. The fourth-order valence-corrected chi connectivity index (χ4v) is 7.84. The first-order valence-electron chi connectivity index (χ1n) is 23.6. The van der Waals surface area contributed by atoms with Crippen molar-refractivity contribution in [3.8, 4) is 0 Å². The number of amides is 8. The number of hydrogen-bond acceptors (Lipinski definition) is 12. The summed E-state index contributed by atoms with van der Waals surface area (Å²) >= 11 is 1.51. The van der Waals surface area contributed by atoms with Gasteiger partial charge in [-0.05, 0) is 101 Å². The van der Waals surface area contributed by atoms with Crippen molar-refractivity contribution in [3.63, 3.8) is 0 Å². The van der Waals surface area contributed by atoms with Crippen LogP contribution in [0.4, 0.5) is 0 Å². The maximum atomic E-state index is 13.9. The molecule has 378 valence electrons. The Balaban J connectivity index is 3.05. The number of carboxylic acids is 1. The molecule has 0 saturated carbocycles. The van der Waals surface area contributed by atoms with Crippen molar-refractivity contribution in [1.29, 1.82) is 0 Å². The van der Waals surface area contributed by atoms with E-state index in [-0.39, 0.29) is 49.5 Å². The van der Waals surface area contributed by atoms with Gasteiger partial charge in [-0.3, -0.25) is 38.4 Å². The summed E-state index contributed by atoms with van der Waals surface area (Å²) in [6, 6.07) is -8.21. The largest absolute Gasteiger partial charge is 0.480 e. The Kier molecular flexibility index (Phi) is 27.7. The Hall–Kier alpha value is -4.50. The highest BCUT2D eigenvalue weighted by Crippen LogP contribution is 2.21. The van der Waals surface area contributed by atoms with Gasteiger partial charge in [0.2, 0.25) is 47.3 Å². The van der Waals surface area contributed by atoms with Gasteiger partial charge >= 0.3 is 5.97 Å². The van der Waals surface area contributed by atoms with Gasteiger partial charge in [0.25, 0.3) is 0 Å². The molecule has 0 bridgehead atoms. The molecule has 0 unspecified atom stereocenters. The molecular formula is C45H82N10O10S. The standard InChI is InChI=1S/C45H82N10O10S/c1-11-27(7)36(47)43(62)52-31(18-21-66-10)44(63)55-20-15-17-34(55)42(61)51-30(16-13-14-19-46)39(58)49-29(9)38(57)48-24-35(56)50-32(22-25(3)4)40(59)53-33(23-26(5)6)41(60)54-37(45(64)65)28(8)12-2/h25-34,36-37H,11-24,46-47H2,1-10H3,(H,48,57)(H,49,58)(H,50,56)(H,51,61)(H,52,62)(H,53,59)(H,54,60)(H,64,65)/t27-,28-,29-,30-,31-,32-,33-,34-,36-,37-/m0/s1. The third-order valence-corrected chi connectivity index (χ3v) is 12.5. The molecule has 1 rings (SSSR count). The number of carboxylic acid groups (broad SMARTS) is 1. The van der Waals surface area contributed by atoms with Crippen LogP contribution in [0.25, 0.3) is 0 Å². The molecule has 1 saturated heterocycles. The lowest BCUT2D eigenvalue weighted by Gasteiger charge is -2.31. The molecule has 20 nitrogen and oxygen atoms in total. The van der Waals surface area contributed by atoms with Crippen LogP contribution in [0.3, 0.4) is 0 Å². The first-order valence-corrected chi connectivity index (χ1v) is 25.0. The van der Waals surface area contributed by atoms with E-state index >= 15 is 0 Å². The van der Waals surface area contributed by atoms with Crippen LogP contribution in [-0.2, 0) is 43.2 Å². The molecule has 1 aliphatic rings. The fourth-order valence-electron chi connectivity index (χ4n) is 7.37. The van der Waals surface area contributed by atoms with Gasteiger partial charge in [0.05, 0.1) is 12.6 Å². The smallest absolute Gasteiger partial charge is 0.326 e. The average molecular weight is 955 g/mol. The molecule has 0 radical (unpaired) electrons. The van der Waals surface area contributed by atoms with Gasteiger partial charge in [0, 0.05) is 6.54 Å². The number of carbonyl (C=O) groups is 9. The van der Waals surface area contributed by atoms with E-state index in [1.54, 1.807) is 13.8 Å². The topological polar surface area (TPSA) is 313 Å². The lowest BCUT2D eigenvalue weighted by Crippen LogP contribution is -2.59. The van der Waals surface area contributed by atoms with Crippen LogP contribution in [0, 0.1) is 23.7 Å². The Labute approximate surface area is 395 Å². The van der Waals surface area contributed by atoms with E-state index in [4.69, 9.17) is 11.5 Å². The zero-order chi connectivity index (χ0) is 50.3. The van der Waals surface area contributed by atoms with Crippen molar-refractivity contribution in [1.82, 2.24) is 42.1 Å². The zero-order valence-corrected chi connectivity index (χ0v) is 41.8. The van der Waals surface area contributed by atoms with Gasteiger partial charge in [-0.15, -0.1) is 0 Å². The van der Waals surface area contributed by atoms with Gasteiger partial charge in [-0.1, -0.05) is 68.2 Å².